The van der Waals surface area contributed by atoms with E-state index in [4.69, 9.17) is 11.6 Å². The van der Waals surface area contributed by atoms with E-state index in [2.05, 4.69) is 0 Å². The largest absolute Gasteiger partial charge is 0.207 e. The maximum atomic E-state index is 13.1. The van der Waals surface area contributed by atoms with Gasteiger partial charge in [0.05, 0.1) is 0 Å². The first-order valence-corrected chi connectivity index (χ1v) is 6.75. The summed E-state index contributed by atoms with van der Waals surface area (Å²) >= 11 is 5.96. The van der Waals surface area contributed by atoms with E-state index < -0.39 is 0 Å². The second kappa shape index (κ2) is 6.67. The molecule has 0 bridgehead atoms. The van der Waals surface area contributed by atoms with Crippen LogP contribution in [0.4, 0.5) is 8.78 Å². The Hall–Kier alpha value is -1.41. The molecule has 0 saturated carbocycles. The van der Waals surface area contributed by atoms with Gasteiger partial charge in [-0.25, -0.2) is 8.78 Å². The van der Waals surface area contributed by atoms with E-state index >= 15 is 0 Å². The molecule has 19 heavy (non-hydrogen) atoms. The molecule has 0 spiro atoms. The van der Waals surface area contributed by atoms with Crippen molar-refractivity contribution in [3.05, 3.63) is 71.3 Å². The summed E-state index contributed by atoms with van der Waals surface area (Å²) in [6, 6.07) is 13.0. The van der Waals surface area contributed by atoms with Gasteiger partial charge in [-0.15, -0.1) is 11.6 Å². The molecular formula is C16H15ClF2. The first-order valence-electron chi connectivity index (χ1n) is 6.22. The molecule has 0 aliphatic carbocycles. The van der Waals surface area contributed by atoms with Crippen molar-refractivity contribution >= 4 is 11.6 Å². The van der Waals surface area contributed by atoms with Crippen molar-refractivity contribution in [1.29, 1.82) is 0 Å². The third-order valence-electron chi connectivity index (χ3n) is 3.05. The number of benzene rings is 2. The van der Waals surface area contributed by atoms with Gasteiger partial charge in [0.1, 0.15) is 11.6 Å². The summed E-state index contributed by atoms with van der Waals surface area (Å²) in [5.41, 5.74) is 1.84. The number of hydrogen-bond donors (Lipinski definition) is 0. The van der Waals surface area contributed by atoms with Crippen LogP contribution >= 0.6 is 11.6 Å². The Morgan fingerprint density at radius 2 is 1.32 bits per heavy atom. The number of hydrogen-bond acceptors (Lipinski definition) is 0. The maximum Gasteiger partial charge on any atom is 0.123 e. The number of alkyl halides is 1. The standard InChI is InChI=1S/C16H15ClF2/c17-11-14(7-12-3-1-5-15(18)9-12)8-13-4-2-6-16(19)10-13/h1-6,9-10,14H,7-8,11H2. The van der Waals surface area contributed by atoms with Gasteiger partial charge >= 0.3 is 0 Å². The average Bonchev–Trinajstić information content (AvgIpc) is 2.38. The maximum absolute atomic E-state index is 13.1. The number of rotatable bonds is 5. The molecule has 0 radical (unpaired) electrons. The van der Waals surface area contributed by atoms with Crippen molar-refractivity contribution in [1.82, 2.24) is 0 Å². The minimum absolute atomic E-state index is 0.172. The van der Waals surface area contributed by atoms with Crippen LogP contribution in [0.2, 0.25) is 0 Å². The van der Waals surface area contributed by atoms with Gasteiger partial charge in [0.2, 0.25) is 0 Å². The molecule has 0 amide bonds. The summed E-state index contributed by atoms with van der Waals surface area (Å²) in [6.07, 6.45) is 1.38. The van der Waals surface area contributed by atoms with Gasteiger partial charge in [0.25, 0.3) is 0 Å². The summed E-state index contributed by atoms with van der Waals surface area (Å²) in [6.45, 7) is 0. The van der Waals surface area contributed by atoms with Crippen LogP contribution in [0.1, 0.15) is 11.1 Å². The predicted octanol–water partition coefficient (Wildman–Crippen LogP) is 4.61. The van der Waals surface area contributed by atoms with E-state index in [1.54, 1.807) is 12.1 Å². The fraction of sp³-hybridized carbons (Fsp3) is 0.250. The molecule has 0 aliphatic rings. The summed E-state index contributed by atoms with van der Waals surface area (Å²) in [4.78, 5) is 0. The lowest BCUT2D eigenvalue weighted by molar-refractivity contribution is 0.571. The van der Waals surface area contributed by atoms with Crippen molar-refractivity contribution in [2.24, 2.45) is 5.92 Å². The molecule has 0 nitrogen and oxygen atoms in total. The monoisotopic (exact) mass is 280 g/mol. The first kappa shape index (κ1) is 14.0. The Labute approximate surface area is 117 Å². The zero-order valence-electron chi connectivity index (χ0n) is 10.5. The molecule has 3 heteroatoms. The van der Waals surface area contributed by atoms with Gasteiger partial charge in [-0.1, -0.05) is 24.3 Å². The van der Waals surface area contributed by atoms with Crippen molar-refractivity contribution in [3.8, 4) is 0 Å². The van der Waals surface area contributed by atoms with E-state index in [1.807, 2.05) is 12.1 Å². The lowest BCUT2D eigenvalue weighted by Crippen LogP contribution is -2.10. The van der Waals surface area contributed by atoms with Crippen LogP contribution in [0.3, 0.4) is 0 Å². The number of halogens is 3. The van der Waals surface area contributed by atoms with Gasteiger partial charge in [0, 0.05) is 5.88 Å². The topological polar surface area (TPSA) is 0 Å². The van der Waals surface area contributed by atoms with Crippen LogP contribution in [0.25, 0.3) is 0 Å². The van der Waals surface area contributed by atoms with Crippen LogP contribution in [-0.2, 0) is 12.8 Å². The van der Waals surface area contributed by atoms with Crippen LogP contribution < -0.4 is 0 Å². The molecule has 0 saturated heterocycles. The average molecular weight is 281 g/mol. The van der Waals surface area contributed by atoms with Crippen LogP contribution in [-0.4, -0.2) is 5.88 Å². The third kappa shape index (κ3) is 4.32. The summed E-state index contributed by atoms with van der Waals surface area (Å²) in [5, 5.41) is 0. The van der Waals surface area contributed by atoms with Crippen molar-refractivity contribution in [2.75, 3.05) is 5.88 Å². The van der Waals surface area contributed by atoms with Gasteiger partial charge in [0.15, 0.2) is 0 Å². The highest BCUT2D eigenvalue weighted by atomic mass is 35.5. The SMILES string of the molecule is Fc1cccc(CC(CCl)Cc2cccc(F)c2)c1. The minimum atomic E-state index is -0.239. The molecule has 0 atom stereocenters. The molecule has 0 N–H and O–H groups in total. The molecule has 0 fully saturated rings. The fourth-order valence-corrected chi connectivity index (χ4v) is 2.39. The molecule has 2 aromatic rings. The highest BCUT2D eigenvalue weighted by Crippen LogP contribution is 2.17. The lowest BCUT2D eigenvalue weighted by Gasteiger charge is -2.14. The second-order valence-corrected chi connectivity index (χ2v) is 5.00. The molecule has 100 valence electrons. The Morgan fingerprint density at radius 3 is 1.68 bits per heavy atom. The van der Waals surface area contributed by atoms with Crippen molar-refractivity contribution in [2.45, 2.75) is 12.8 Å². The highest BCUT2D eigenvalue weighted by Gasteiger charge is 2.10. The van der Waals surface area contributed by atoms with E-state index in [0.717, 1.165) is 11.1 Å². The Kier molecular flexibility index (Phi) is 4.92. The molecule has 0 heterocycles. The van der Waals surface area contributed by atoms with E-state index in [9.17, 15) is 8.78 Å². The van der Waals surface area contributed by atoms with Gasteiger partial charge < -0.3 is 0 Å². The normalized spacial score (nSPS) is 10.9. The summed E-state index contributed by atoms with van der Waals surface area (Å²) in [7, 11) is 0. The van der Waals surface area contributed by atoms with Crippen LogP contribution in [0, 0.1) is 17.6 Å². The van der Waals surface area contributed by atoms with E-state index in [-0.39, 0.29) is 17.6 Å². The third-order valence-corrected chi connectivity index (χ3v) is 3.48. The van der Waals surface area contributed by atoms with Crippen LogP contribution in [0.15, 0.2) is 48.5 Å². The zero-order chi connectivity index (χ0) is 13.7. The lowest BCUT2D eigenvalue weighted by atomic mass is 9.94. The summed E-state index contributed by atoms with van der Waals surface area (Å²) < 4.78 is 26.2. The molecule has 0 aliphatic heterocycles. The van der Waals surface area contributed by atoms with E-state index in [0.29, 0.717) is 18.7 Å². The van der Waals surface area contributed by atoms with Crippen LogP contribution in [0.5, 0.6) is 0 Å². The van der Waals surface area contributed by atoms with Gasteiger partial charge in [-0.2, -0.15) is 0 Å². The molecule has 2 rings (SSSR count). The molecule has 2 aromatic carbocycles. The fourth-order valence-electron chi connectivity index (χ4n) is 2.18. The highest BCUT2D eigenvalue weighted by molar-refractivity contribution is 6.18. The minimum Gasteiger partial charge on any atom is -0.207 e. The smallest absolute Gasteiger partial charge is 0.123 e. The Balaban J connectivity index is 2.04. The van der Waals surface area contributed by atoms with Gasteiger partial charge in [-0.3, -0.25) is 0 Å². The second-order valence-electron chi connectivity index (χ2n) is 4.69. The molecule has 0 unspecified atom stereocenters. The Bertz CT molecular complexity index is 492. The quantitative estimate of drug-likeness (QED) is 0.702. The van der Waals surface area contributed by atoms with Crippen molar-refractivity contribution < 1.29 is 8.78 Å². The predicted molar refractivity (Wildman–Crippen MR) is 74.4 cm³/mol. The zero-order valence-corrected chi connectivity index (χ0v) is 11.2. The van der Waals surface area contributed by atoms with Crippen molar-refractivity contribution in [3.63, 3.8) is 0 Å². The molecule has 0 aromatic heterocycles. The van der Waals surface area contributed by atoms with E-state index in [1.165, 1.54) is 24.3 Å². The Morgan fingerprint density at radius 1 is 0.842 bits per heavy atom. The summed E-state index contributed by atoms with van der Waals surface area (Å²) in [5.74, 6) is 0.158. The molecular weight excluding hydrogens is 266 g/mol. The van der Waals surface area contributed by atoms with Gasteiger partial charge in [-0.05, 0) is 54.2 Å². The first-order chi connectivity index (χ1) is 9.17.